The number of carbonyl (C=O) groups is 2. The van der Waals surface area contributed by atoms with Crippen molar-refractivity contribution in [3.05, 3.63) is 42.2 Å². The number of nitrogens with zero attached hydrogens (tertiary/aromatic N) is 3. The van der Waals surface area contributed by atoms with Gasteiger partial charge in [-0.3, -0.25) is 9.48 Å². The minimum atomic E-state index is -1.10. The van der Waals surface area contributed by atoms with Crippen LogP contribution in [0.25, 0.3) is 0 Å². The molecule has 1 amide bonds. The largest absolute Gasteiger partial charge is 0.486 e. The fourth-order valence-electron chi connectivity index (χ4n) is 3.50. The van der Waals surface area contributed by atoms with E-state index in [1.165, 1.54) is 4.68 Å². The molecule has 0 aliphatic carbocycles. The molecule has 1 aromatic heterocycles. The number of fused-ring (bicyclic) bond motifs is 1. The lowest BCUT2D eigenvalue weighted by atomic mass is 9.87. The molecule has 1 saturated heterocycles. The maximum absolute atomic E-state index is 12.8. The third kappa shape index (κ3) is 2.67. The second-order valence-electron chi connectivity index (χ2n) is 6.44. The van der Waals surface area contributed by atoms with Crippen LogP contribution in [-0.2, 0) is 10.3 Å². The summed E-state index contributed by atoms with van der Waals surface area (Å²) in [5.41, 5.74) is -0.594. The van der Waals surface area contributed by atoms with Crippen molar-refractivity contribution in [2.24, 2.45) is 0 Å². The first-order chi connectivity index (χ1) is 12.6. The molecule has 8 heteroatoms. The average Bonchev–Trinajstić information content (AvgIpc) is 3.22. The molecular formula is C18H19N3O5. The molecule has 0 atom stereocenters. The third-order valence-electron chi connectivity index (χ3n) is 5.01. The van der Waals surface area contributed by atoms with Gasteiger partial charge in [-0.25, -0.2) is 4.79 Å². The Labute approximate surface area is 149 Å². The molecule has 136 valence electrons. The zero-order valence-electron chi connectivity index (χ0n) is 14.1. The number of amides is 1. The summed E-state index contributed by atoms with van der Waals surface area (Å²) in [6, 6.07) is 6.83. The highest BCUT2D eigenvalue weighted by molar-refractivity contribution is 5.95. The van der Waals surface area contributed by atoms with Gasteiger partial charge in [-0.15, -0.1) is 0 Å². The lowest BCUT2D eigenvalue weighted by Gasteiger charge is -2.39. The van der Waals surface area contributed by atoms with Crippen molar-refractivity contribution in [3.8, 4) is 11.5 Å². The van der Waals surface area contributed by atoms with E-state index in [1.807, 2.05) is 0 Å². The van der Waals surface area contributed by atoms with Gasteiger partial charge in [0, 0.05) is 43.9 Å². The molecule has 1 aromatic carbocycles. The van der Waals surface area contributed by atoms with Crippen LogP contribution in [0.2, 0.25) is 0 Å². The highest BCUT2D eigenvalue weighted by Gasteiger charge is 2.44. The van der Waals surface area contributed by atoms with Crippen LogP contribution < -0.4 is 9.47 Å². The normalized spacial score (nSPS) is 18.4. The molecule has 0 spiro atoms. The van der Waals surface area contributed by atoms with Gasteiger partial charge in [-0.1, -0.05) is 0 Å². The summed E-state index contributed by atoms with van der Waals surface area (Å²) in [7, 11) is 0. The quantitative estimate of drug-likeness (QED) is 0.892. The van der Waals surface area contributed by atoms with Crippen molar-refractivity contribution in [3.63, 3.8) is 0 Å². The van der Waals surface area contributed by atoms with E-state index in [1.54, 1.807) is 41.6 Å². The molecule has 0 saturated carbocycles. The first-order valence-electron chi connectivity index (χ1n) is 8.53. The Hall–Kier alpha value is -3.03. The number of carboxylic acids is 1. The van der Waals surface area contributed by atoms with E-state index in [0.717, 1.165) is 0 Å². The lowest BCUT2D eigenvalue weighted by molar-refractivity contribution is -0.150. The predicted molar refractivity (Wildman–Crippen MR) is 90.4 cm³/mol. The first kappa shape index (κ1) is 16.4. The number of aromatic nitrogens is 2. The van der Waals surface area contributed by atoms with Crippen molar-refractivity contribution in [2.75, 3.05) is 26.3 Å². The number of carbonyl (C=O) groups excluding carboxylic acids is 1. The number of likely N-dealkylation sites (tertiary alicyclic amines) is 1. The van der Waals surface area contributed by atoms with Gasteiger partial charge in [0.15, 0.2) is 17.0 Å². The standard InChI is InChI=1S/C18H19N3O5/c22-16(13-2-3-14-15(12-13)26-11-10-25-14)20-8-4-18(5-9-20,17(23)24)21-7-1-6-19-21/h1-3,6-7,12H,4-5,8-11H2,(H,23,24). The smallest absolute Gasteiger partial charge is 0.331 e. The Kier molecular flexibility index (Phi) is 4.02. The van der Waals surface area contributed by atoms with Crippen LogP contribution in [0.4, 0.5) is 0 Å². The zero-order chi connectivity index (χ0) is 18.1. The summed E-state index contributed by atoms with van der Waals surface area (Å²) in [6.45, 7) is 1.65. The number of aliphatic carboxylic acids is 1. The van der Waals surface area contributed by atoms with E-state index in [4.69, 9.17) is 9.47 Å². The SMILES string of the molecule is O=C(c1ccc2c(c1)OCCO2)N1CCC(C(=O)O)(n2cccn2)CC1. The Morgan fingerprint density at radius 2 is 1.85 bits per heavy atom. The molecule has 0 bridgehead atoms. The molecule has 1 fully saturated rings. The fourth-order valence-corrected chi connectivity index (χ4v) is 3.50. The Bertz CT molecular complexity index is 825. The highest BCUT2D eigenvalue weighted by atomic mass is 16.6. The molecule has 2 aliphatic rings. The Morgan fingerprint density at radius 3 is 2.50 bits per heavy atom. The van der Waals surface area contributed by atoms with Gasteiger partial charge in [0.25, 0.3) is 5.91 Å². The van der Waals surface area contributed by atoms with Crippen LogP contribution in [0.15, 0.2) is 36.7 Å². The zero-order valence-corrected chi connectivity index (χ0v) is 14.1. The summed E-state index contributed by atoms with van der Waals surface area (Å²) >= 11 is 0. The van der Waals surface area contributed by atoms with E-state index >= 15 is 0 Å². The number of ether oxygens (including phenoxy) is 2. The molecular weight excluding hydrogens is 338 g/mol. The molecule has 8 nitrogen and oxygen atoms in total. The predicted octanol–water partition coefficient (Wildman–Crippen LogP) is 1.37. The van der Waals surface area contributed by atoms with E-state index in [9.17, 15) is 14.7 Å². The molecule has 26 heavy (non-hydrogen) atoms. The highest BCUT2D eigenvalue weighted by Crippen LogP contribution is 2.33. The molecule has 1 N–H and O–H groups in total. The number of hydrogen-bond acceptors (Lipinski definition) is 5. The van der Waals surface area contributed by atoms with E-state index < -0.39 is 11.5 Å². The minimum absolute atomic E-state index is 0.138. The summed E-state index contributed by atoms with van der Waals surface area (Å²) in [4.78, 5) is 26.4. The van der Waals surface area contributed by atoms with Crippen LogP contribution in [0.5, 0.6) is 11.5 Å². The molecule has 2 aromatic rings. The Balaban J connectivity index is 1.51. The lowest BCUT2D eigenvalue weighted by Crippen LogP contribution is -2.52. The Morgan fingerprint density at radius 1 is 1.12 bits per heavy atom. The number of rotatable bonds is 3. The monoisotopic (exact) mass is 357 g/mol. The third-order valence-corrected chi connectivity index (χ3v) is 5.01. The summed E-state index contributed by atoms with van der Waals surface area (Å²) < 4.78 is 12.5. The average molecular weight is 357 g/mol. The van der Waals surface area contributed by atoms with Crippen LogP contribution in [-0.4, -0.2) is 58.0 Å². The van der Waals surface area contributed by atoms with Crippen LogP contribution in [0.1, 0.15) is 23.2 Å². The van der Waals surface area contributed by atoms with Gasteiger partial charge in [-0.2, -0.15) is 5.10 Å². The molecule has 0 unspecified atom stereocenters. The number of carboxylic acid groups (broad SMARTS) is 1. The number of piperidine rings is 1. The molecule has 3 heterocycles. The number of hydrogen-bond donors (Lipinski definition) is 1. The maximum atomic E-state index is 12.8. The van der Waals surface area contributed by atoms with Crippen molar-refractivity contribution in [1.29, 1.82) is 0 Å². The van der Waals surface area contributed by atoms with E-state index in [-0.39, 0.29) is 5.91 Å². The van der Waals surface area contributed by atoms with Crippen molar-refractivity contribution >= 4 is 11.9 Å². The minimum Gasteiger partial charge on any atom is -0.486 e. The van der Waals surface area contributed by atoms with Crippen LogP contribution in [0, 0.1) is 0 Å². The fraction of sp³-hybridized carbons (Fsp3) is 0.389. The van der Waals surface area contributed by atoms with E-state index in [2.05, 4.69) is 5.10 Å². The van der Waals surface area contributed by atoms with Gasteiger partial charge in [0.05, 0.1) is 0 Å². The second-order valence-corrected chi connectivity index (χ2v) is 6.44. The van der Waals surface area contributed by atoms with Gasteiger partial charge >= 0.3 is 5.97 Å². The molecule has 4 rings (SSSR count). The number of benzene rings is 1. The maximum Gasteiger partial charge on any atom is 0.331 e. The van der Waals surface area contributed by atoms with Crippen molar-refractivity contribution < 1.29 is 24.2 Å². The summed E-state index contributed by atoms with van der Waals surface area (Å²) in [5, 5.41) is 13.9. The van der Waals surface area contributed by atoms with Gasteiger partial charge in [-0.05, 0) is 24.3 Å². The van der Waals surface area contributed by atoms with Crippen LogP contribution in [0.3, 0.4) is 0 Å². The topological polar surface area (TPSA) is 93.9 Å². The molecule has 2 aliphatic heterocycles. The van der Waals surface area contributed by atoms with Crippen LogP contribution >= 0.6 is 0 Å². The van der Waals surface area contributed by atoms with Crippen molar-refractivity contribution in [2.45, 2.75) is 18.4 Å². The van der Waals surface area contributed by atoms with Gasteiger partial charge in [0.1, 0.15) is 13.2 Å². The van der Waals surface area contributed by atoms with Gasteiger partial charge in [0.2, 0.25) is 0 Å². The van der Waals surface area contributed by atoms with Crippen molar-refractivity contribution in [1.82, 2.24) is 14.7 Å². The first-order valence-corrected chi connectivity index (χ1v) is 8.53. The summed E-state index contributed by atoms with van der Waals surface area (Å²) in [6.07, 6.45) is 3.84. The summed E-state index contributed by atoms with van der Waals surface area (Å²) in [5.74, 6) is 0.139. The molecule has 0 radical (unpaired) electrons. The van der Waals surface area contributed by atoms with Gasteiger partial charge < -0.3 is 19.5 Å². The second kappa shape index (κ2) is 6.36. The van der Waals surface area contributed by atoms with E-state index in [0.29, 0.717) is 56.2 Å².